The lowest BCUT2D eigenvalue weighted by atomic mass is 10.1. The molecule has 26 heavy (non-hydrogen) atoms. The quantitative estimate of drug-likeness (QED) is 0.312. The number of carbonyl (C=O) groups is 1. The van der Waals surface area contributed by atoms with Crippen LogP contribution in [0.15, 0.2) is 23.2 Å². The second kappa shape index (κ2) is 12.8. The molecule has 0 aliphatic rings. The number of carbonyl (C=O) groups excluding carboxylic acids is 1. The van der Waals surface area contributed by atoms with Crippen molar-refractivity contribution in [2.75, 3.05) is 20.8 Å². The van der Waals surface area contributed by atoms with Crippen LogP contribution < -0.4 is 9.47 Å². The molecule has 0 spiro atoms. The van der Waals surface area contributed by atoms with Gasteiger partial charge in [0.2, 0.25) is 0 Å². The summed E-state index contributed by atoms with van der Waals surface area (Å²) in [6, 6.07) is 7.03. The van der Waals surface area contributed by atoms with E-state index < -0.39 is 11.9 Å². The smallest absolute Gasteiger partial charge is 0.328 e. The topological polar surface area (TPSA) is 80.9 Å². The molecule has 1 rings (SSSR count). The molecule has 0 radical (unpaired) electrons. The Morgan fingerprint density at radius 3 is 2.58 bits per heavy atom. The van der Waals surface area contributed by atoms with E-state index in [-0.39, 0.29) is 0 Å². The lowest BCUT2D eigenvalue weighted by Gasteiger charge is -2.08. The van der Waals surface area contributed by atoms with Crippen molar-refractivity contribution in [2.45, 2.75) is 45.4 Å². The Morgan fingerprint density at radius 2 is 1.92 bits per heavy atom. The first-order valence-electron chi connectivity index (χ1n) is 8.98. The fourth-order valence-electron chi connectivity index (χ4n) is 2.34. The Labute approximate surface area is 155 Å². The average molecular weight is 360 g/mol. The van der Waals surface area contributed by atoms with Crippen molar-refractivity contribution in [2.24, 2.45) is 10.9 Å². The van der Waals surface area contributed by atoms with E-state index in [0.29, 0.717) is 23.8 Å². The molecule has 1 aromatic rings. The Bertz CT molecular complexity index is 623. The van der Waals surface area contributed by atoms with Crippen molar-refractivity contribution in [1.82, 2.24) is 0 Å². The molecule has 0 aromatic heterocycles. The van der Waals surface area contributed by atoms with Gasteiger partial charge in [0.05, 0.1) is 26.9 Å². The number of rotatable bonds is 12. The number of esters is 1. The summed E-state index contributed by atoms with van der Waals surface area (Å²) in [5.41, 5.74) is 0.511. The summed E-state index contributed by atoms with van der Waals surface area (Å²) in [7, 11) is 3.08. The number of nitriles is 1. The minimum Gasteiger partial charge on any atom is -0.497 e. The van der Waals surface area contributed by atoms with Gasteiger partial charge in [0.1, 0.15) is 17.2 Å². The maximum absolute atomic E-state index is 12.0. The molecule has 6 heteroatoms. The molecule has 0 aliphatic carbocycles. The van der Waals surface area contributed by atoms with E-state index in [0.717, 1.165) is 19.3 Å². The van der Waals surface area contributed by atoms with Crippen LogP contribution in [0.1, 0.15) is 45.4 Å². The van der Waals surface area contributed by atoms with Crippen LogP contribution >= 0.6 is 0 Å². The van der Waals surface area contributed by atoms with Gasteiger partial charge in [-0.2, -0.15) is 5.26 Å². The third-order valence-corrected chi connectivity index (χ3v) is 3.88. The monoisotopic (exact) mass is 360 g/mol. The van der Waals surface area contributed by atoms with E-state index >= 15 is 0 Å². The molecule has 1 unspecified atom stereocenters. The lowest BCUT2D eigenvalue weighted by Crippen LogP contribution is -2.18. The molecule has 0 heterocycles. The summed E-state index contributed by atoms with van der Waals surface area (Å²) in [5, 5.41) is 9.19. The minimum atomic E-state index is -1.04. The first-order chi connectivity index (χ1) is 12.7. The minimum absolute atomic E-state index is 0.336. The number of nitrogens with zero attached hydrogens (tertiary/aromatic N) is 2. The van der Waals surface area contributed by atoms with Gasteiger partial charge in [-0.1, -0.05) is 39.0 Å². The van der Waals surface area contributed by atoms with Crippen molar-refractivity contribution < 1.29 is 19.0 Å². The van der Waals surface area contributed by atoms with E-state index in [1.54, 1.807) is 25.3 Å². The Kier molecular flexibility index (Phi) is 10.5. The summed E-state index contributed by atoms with van der Waals surface area (Å²) in [6.45, 7) is 2.51. The van der Waals surface area contributed by atoms with E-state index in [2.05, 4.69) is 11.9 Å². The molecule has 0 saturated carbocycles. The molecule has 0 fully saturated rings. The standard InChI is InChI=1S/C20H28N2O4/c1-4-5-6-7-8-9-12-26-20(23)16(14-21)15-22-18-11-10-17(24-2)13-19(18)25-3/h10-11,13,15-16H,4-9,12H2,1-3H3. The third-order valence-electron chi connectivity index (χ3n) is 3.88. The normalized spacial score (nSPS) is 11.8. The van der Waals surface area contributed by atoms with Gasteiger partial charge in [0.25, 0.3) is 0 Å². The van der Waals surface area contributed by atoms with Gasteiger partial charge >= 0.3 is 5.97 Å². The summed E-state index contributed by atoms with van der Waals surface area (Å²) < 4.78 is 15.5. The highest BCUT2D eigenvalue weighted by Gasteiger charge is 2.17. The van der Waals surface area contributed by atoms with Gasteiger partial charge in [-0.25, -0.2) is 0 Å². The maximum atomic E-state index is 12.0. The van der Waals surface area contributed by atoms with Crippen LogP contribution in [0.2, 0.25) is 0 Å². The van der Waals surface area contributed by atoms with Gasteiger partial charge in [0.15, 0.2) is 5.92 Å². The zero-order valence-electron chi connectivity index (χ0n) is 15.9. The maximum Gasteiger partial charge on any atom is 0.328 e. The predicted molar refractivity (Wildman–Crippen MR) is 101 cm³/mol. The Hall–Kier alpha value is -2.55. The van der Waals surface area contributed by atoms with Crippen LogP contribution in [0.5, 0.6) is 11.5 Å². The van der Waals surface area contributed by atoms with E-state index in [1.807, 2.05) is 6.07 Å². The zero-order valence-corrected chi connectivity index (χ0v) is 15.9. The average Bonchev–Trinajstić information content (AvgIpc) is 2.67. The first kappa shape index (κ1) is 21.5. The number of methoxy groups -OCH3 is 2. The second-order valence-electron chi connectivity index (χ2n) is 5.86. The van der Waals surface area contributed by atoms with Gasteiger partial charge in [0, 0.05) is 12.3 Å². The highest BCUT2D eigenvalue weighted by Crippen LogP contribution is 2.31. The fourth-order valence-corrected chi connectivity index (χ4v) is 2.34. The van der Waals surface area contributed by atoms with Gasteiger partial charge < -0.3 is 14.2 Å². The second-order valence-corrected chi connectivity index (χ2v) is 5.86. The number of hydrogen-bond acceptors (Lipinski definition) is 6. The largest absolute Gasteiger partial charge is 0.497 e. The van der Waals surface area contributed by atoms with Gasteiger partial charge in [-0.05, 0) is 18.6 Å². The van der Waals surface area contributed by atoms with Gasteiger partial charge in [-0.15, -0.1) is 0 Å². The van der Waals surface area contributed by atoms with Crippen molar-refractivity contribution >= 4 is 17.9 Å². The molecular formula is C20H28N2O4. The molecule has 0 amide bonds. The number of hydrogen-bond donors (Lipinski definition) is 0. The van der Waals surface area contributed by atoms with Crippen molar-refractivity contribution in [1.29, 1.82) is 5.26 Å². The molecule has 1 atom stereocenters. The van der Waals surface area contributed by atoms with E-state index in [9.17, 15) is 10.1 Å². The number of unbranched alkanes of at least 4 members (excludes halogenated alkanes) is 5. The van der Waals surface area contributed by atoms with Crippen molar-refractivity contribution in [3.05, 3.63) is 18.2 Å². The van der Waals surface area contributed by atoms with Crippen LogP contribution in [-0.4, -0.2) is 33.0 Å². The summed E-state index contributed by atoms with van der Waals surface area (Å²) in [5.74, 6) is -0.479. The number of ether oxygens (including phenoxy) is 3. The Balaban J connectivity index is 2.52. The Morgan fingerprint density at radius 1 is 1.19 bits per heavy atom. The highest BCUT2D eigenvalue weighted by molar-refractivity contribution is 5.93. The van der Waals surface area contributed by atoms with Crippen LogP contribution in [0, 0.1) is 17.2 Å². The molecule has 142 valence electrons. The first-order valence-corrected chi connectivity index (χ1v) is 8.98. The lowest BCUT2D eigenvalue weighted by molar-refractivity contribution is -0.144. The molecule has 6 nitrogen and oxygen atoms in total. The van der Waals surface area contributed by atoms with Crippen molar-refractivity contribution in [3.63, 3.8) is 0 Å². The van der Waals surface area contributed by atoms with Crippen LogP contribution in [-0.2, 0) is 9.53 Å². The third kappa shape index (κ3) is 7.56. The molecule has 0 aliphatic heterocycles. The molecule has 0 bridgehead atoms. The number of benzene rings is 1. The van der Waals surface area contributed by atoms with Crippen LogP contribution in [0.3, 0.4) is 0 Å². The van der Waals surface area contributed by atoms with Crippen LogP contribution in [0.4, 0.5) is 5.69 Å². The summed E-state index contributed by atoms with van der Waals surface area (Å²) in [4.78, 5) is 16.2. The SMILES string of the molecule is CCCCCCCCOC(=O)C(C#N)C=Nc1ccc(OC)cc1OC. The molecule has 0 N–H and O–H groups in total. The van der Waals surface area contributed by atoms with Gasteiger partial charge in [-0.3, -0.25) is 9.79 Å². The molecule has 1 aromatic carbocycles. The fraction of sp³-hybridized carbons (Fsp3) is 0.550. The highest BCUT2D eigenvalue weighted by atomic mass is 16.5. The molecule has 0 saturated heterocycles. The van der Waals surface area contributed by atoms with E-state index in [4.69, 9.17) is 14.2 Å². The predicted octanol–water partition coefficient (Wildman–Crippen LogP) is 4.45. The summed E-state index contributed by atoms with van der Waals surface area (Å²) >= 11 is 0. The van der Waals surface area contributed by atoms with E-state index in [1.165, 1.54) is 32.6 Å². The van der Waals surface area contributed by atoms with Crippen molar-refractivity contribution in [3.8, 4) is 17.6 Å². The molecular weight excluding hydrogens is 332 g/mol. The van der Waals surface area contributed by atoms with Crippen LogP contribution in [0.25, 0.3) is 0 Å². The summed E-state index contributed by atoms with van der Waals surface area (Å²) in [6.07, 6.45) is 7.93. The number of aliphatic imine (C=N–C) groups is 1. The zero-order chi connectivity index (χ0) is 19.2.